The molecule has 1 fully saturated rings. The molecule has 2 unspecified atom stereocenters. The van der Waals surface area contributed by atoms with Crippen LogP contribution in [0.3, 0.4) is 0 Å². The Kier molecular flexibility index (Phi) is 2.67. The van der Waals surface area contributed by atoms with Gasteiger partial charge in [-0.05, 0) is 25.0 Å². The molecule has 1 aliphatic heterocycles. The second-order valence-electron chi connectivity index (χ2n) is 4.38. The highest BCUT2D eigenvalue weighted by Gasteiger charge is 2.31. The lowest BCUT2D eigenvalue weighted by Gasteiger charge is -2.38. The fourth-order valence-electron chi connectivity index (χ4n) is 1.78. The lowest BCUT2D eigenvalue weighted by molar-refractivity contribution is -0.106. The molecule has 3 heteroatoms. The number of nitrogens with one attached hydrogen (secondary N) is 1. The second-order valence-corrected chi connectivity index (χ2v) is 4.38. The third-order valence-corrected chi connectivity index (χ3v) is 2.84. The zero-order valence-corrected chi connectivity index (χ0v) is 9.16. The lowest BCUT2D eigenvalue weighted by Crippen LogP contribution is -2.49. The fourth-order valence-corrected chi connectivity index (χ4v) is 1.78. The van der Waals surface area contributed by atoms with Gasteiger partial charge in [-0.1, -0.05) is 19.1 Å². The molecule has 2 N–H and O–H groups in total. The van der Waals surface area contributed by atoms with E-state index in [2.05, 4.69) is 12.2 Å². The normalized spacial score (nSPS) is 31.5. The summed E-state index contributed by atoms with van der Waals surface area (Å²) in [5, 5.41) is 12.8. The van der Waals surface area contributed by atoms with E-state index in [0.717, 1.165) is 18.7 Å². The van der Waals surface area contributed by atoms with Gasteiger partial charge >= 0.3 is 0 Å². The number of ether oxygens (including phenoxy) is 1. The molecule has 0 aliphatic carbocycles. The van der Waals surface area contributed by atoms with Gasteiger partial charge in [0.15, 0.2) is 0 Å². The number of aromatic hydroxyl groups is 1. The van der Waals surface area contributed by atoms with Gasteiger partial charge in [-0.3, -0.25) is 5.32 Å². The van der Waals surface area contributed by atoms with Gasteiger partial charge in [0.25, 0.3) is 0 Å². The fraction of sp³-hybridized carbons (Fsp3) is 0.500. The Morgan fingerprint density at radius 3 is 2.93 bits per heavy atom. The standard InChI is InChI=1S/C12H17NO2/c1-9-7-13-12(2,15-8-9)10-4-3-5-11(14)6-10/h3-6,9,13-14H,7-8H2,1-2H3. The van der Waals surface area contributed by atoms with E-state index in [0.29, 0.717) is 5.92 Å². The van der Waals surface area contributed by atoms with E-state index in [1.165, 1.54) is 0 Å². The van der Waals surface area contributed by atoms with Crippen LogP contribution in [0.1, 0.15) is 19.4 Å². The molecule has 2 atom stereocenters. The van der Waals surface area contributed by atoms with E-state index in [1.807, 2.05) is 19.1 Å². The number of phenols is 1. The summed E-state index contributed by atoms with van der Waals surface area (Å²) in [6, 6.07) is 7.20. The minimum Gasteiger partial charge on any atom is -0.508 e. The molecule has 1 aliphatic rings. The summed E-state index contributed by atoms with van der Waals surface area (Å²) in [5.74, 6) is 0.813. The van der Waals surface area contributed by atoms with Crippen LogP contribution in [0.15, 0.2) is 24.3 Å². The van der Waals surface area contributed by atoms with Gasteiger partial charge in [0.2, 0.25) is 0 Å². The predicted molar refractivity (Wildman–Crippen MR) is 58.6 cm³/mol. The predicted octanol–water partition coefficient (Wildman–Crippen LogP) is 1.82. The highest BCUT2D eigenvalue weighted by Crippen LogP contribution is 2.28. The van der Waals surface area contributed by atoms with E-state index in [-0.39, 0.29) is 5.75 Å². The average molecular weight is 207 g/mol. The summed E-state index contributed by atoms with van der Waals surface area (Å²) < 4.78 is 5.80. The minimum atomic E-state index is -0.467. The molecule has 15 heavy (non-hydrogen) atoms. The Morgan fingerprint density at radius 1 is 1.53 bits per heavy atom. The zero-order chi connectivity index (χ0) is 10.9. The molecule has 0 saturated carbocycles. The first kappa shape index (κ1) is 10.5. The molecule has 0 spiro atoms. The van der Waals surface area contributed by atoms with Crippen molar-refractivity contribution in [3.8, 4) is 5.75 Å². The highest BCUT2D eigenvalue weighted by molar-refractivity contribution is 5.30. The van der Waals surface area contributed by atoms with Crippen molar-refractivity contribution >= 4 is 0 Å². The van der Waals surface area contributed by atoms with Crippen LogP contribution >= 0.6 is 0 Å². The Balaban J connectivity index is 2.22. The Hall–Kier alpha value is -1.06. The zero-order valence-electron chi connectivity index (χ0n) is 9.16. The van der Waals surface area contributed by atoms with Gasteiger partial charge < -0.3 is 9.84 Å². The third kappa shape index (κ3) is 2.13. The average Bonchev–Trinajstić information content (AvgIpc) is 2.23. The summed E-state index contributed by atoms with van der Waals surface area (Å²) >= 11 is 0. The molecular weight excluding hydrogens is 190 g/mol. The first-order valence-electron chi connectivity index (χ1n) is 5.29. The number of hydrogen-bond acceptors (Lipinski definition) is 3. The Morgan fingerprint density at radius 2 is 2.33 bits per heavy atom. The molecule has 1 saturated heterocycles. The molecule has 3 nitrogen and oxygen atoms in total. The summed E-state index contributed by atoms with van der Waals surface area (Å²) in [6.07, 6.45) is 0. The van der Waals surface area contributed by atoms with Crippen molar-refractivity contribution in [2.24, 2.45) is 5.92 Å². The van der Waals surface area contributed by atoms with E-state index in [4.69, 9.17) is 4.74 Å². The maximum atomic E-state index is 9.43. The van der Waals surface area contributed by atoms with Crippen molar-refractivity contribution in [2.45, 2.75) is 19.6 Å². The van der Waals surface area contributed by atoms with Gasteiger partial charge in [-0.15, -0.1) is 0 Å². The first-order valence-corrected chi connectivity index (χ1v) is 5.29. The third-order valence-electron chi connectivity index (χ3n) is 2.84. The van der Waals surface area contributed by atoms with E-state index < -0.39 is 5.72 Å². The van der Waals surface area contributed by atoms with Crippen LogP contribution in [0.2, 0.25) is 0 Å². The molecule has 0 aromatic heterocycles. The van der Waals surface area contributed by atoms with Crippen molar-refractivity contribution in [1.29, 1.82) is 0 Å². The number of benzene rings is 1. The van der Waals surface area contributed by atoms with Gasteiger partial charge in [-0.2, -0.15) is 0 Å². The van der Waals surface area contributed by atoms with Gasteiger partial charge in [0, 0.05) is 12.1 Å². The van der Waals surface area contributed by atoms with Gasteiger partial charge in [0.1, 0.15) is 11.5 Å². The molecule has 0 bridgehead atoms. The van der Waals surface area contributed by atoms with Gasteiger partial charge in [0.05, 0.1) is 6.61 Å². The number of rotatable bonds is 1. The molecule has 1 heterocycles. The lowest BCUT2D eigenvalue weighted by atomic mass is 10.0. The minimum absolute atomic E-state index is 0.276. The SMILES string of the molecule is CC1CNC(C)(c2cccc(O)c2)OC1. The Bertz CT molecular complexity index is 343. The molecule has 82 valence electrons. The van der Waals surface area contributed by atoms with Crippen LogP contribution < -0.4 is 5.32 Å². The number of phenolic OH excluding ortho intramolecular Hbond substituents is 1. The maximum absolute atomic E-state index is 9.43. The van der Waals surface area contributed by atoms with Crippen molar-refractivity contribution in [2.75, 3.05) is 13.2 Å². The molecule has 0 radical (unpaired) electrons. The molecule has 1 aromatic carbocycles. The van der Waals surface area contributed by atoms with Crippen molar-refractivity contribution in [3.05, 3.63) is 29.8 Å². The first-order chi connectivity index (χ1) is 7.10. The van der Waals surface area contributed by atoms with Crippen molar-refractivity contribution in [1.82, 2.24) is 5.32 Å². The van der Waals surface area contributed by atoms with E-state index in [1.54, 1.807) is 12.1 Å². The van der Waals surface area contributed by atoms with Crippen LogP contribution in [-0.4, -0.2) is 18.3 Å². The van der Waals surface area contributed by atoms with Gasteiger partial charge in [-0.25, -0.2) is 0 Å². The quantitative estimate of drug-likeness (QED) is 0.738. The van der Waals surface area contributed by atoms with Crippen LogP contribution in [0.5, 0.6) is 5.75 Å². The van der Waals surface area contributed by atoms with Crippen LogP contribution in [0.4, 0.5) is 0 Å². The Labute approximate surface area is 90.1 Å². The van der Waals surface area contributed by atoms with E-state index in [9.17, 15) is 5.11 Å². The molecular formula is C12H17NO2. The summed E-state index contributed by atoms with van der Waals surface area (Å²) in [6.45, 7) is 5.83. The maximum Gasteiger partial charge on any atom is 0.142 e. The van der Waals surface area contributed by atoms with Crippen LogP contribution in [0, 0.1) is 5.92 Å². The molecule has 1 aromatic rings. The molecule has 0 amide bonds. The topological polar surface area (TPSA) is 41.5 Å². The second kappa shape index (κ2) is 3.83. The summed E-state index contributed by atoms with van der Waals surface area (Å²) in [5.41, 5.74) is 0.500. The number of hydrogen-bond donors (Lipinski definition) is 2. The highest BCUT2D eigenvalue weighted by atomic mass is 16.5. The summed E-state index contributed by atoms with van der Waals surface area (Å²) in [7, 11) is 0. The van der Waals surface area contributed by atoms with Crippen LogP contribution in [0.25, 0.3) is 0 Å². The largest absolute Gasteiger partial charge is 0.508 e. The smallest absolute Gasteiger partial charge is 0.142 e. The van der Waals surface area contributed by atoms with Crippen LogP contribution in [-0.2, 0) is 10.5 Å². The monoisotopic (exact) mass is 207 g/mol. The summed E-state index contributed by atoms with van der Waals surface area (Å²) in [4.78, 5) is 0. The molecule has 2 rings (SSSR count). The van der Waals surface area contributed by atoms with Crippen molar-refractivity contribution < 1.29 is 9.84 Å². The van der Waals surface area contributed by atoms with E-state index >= 15 is 0 Å². The van der Waals surface area contributed by atoms with Crippen molar-refractivity contribution in [3.63, 3.8) is 0 Å².